The van der Waals surface area contributed by atoms with Crippen molar-refractivity contribution in [2.45, 2.75) is 328 Å². The van der Waals surface area contributed by atoms with E-state index >= 15 is 0 Å². The largest absolute Gasteiger partial charge is 0.472 e. The molecule has 0 radical (unpaired) electrons. The lowest BCUT2D eigenvalue weighted by atomic mass is 10.0. The maximum atomic E-state index is 12.8. The maximum Gasteiger partial charge on any atom is 0.472 e. The first kappa shape index (κ1) is 90.4. The van der Waals surface area contributed by atoms with E-state index in [-0.39, 0.29) is 38.6 Å². The van der Waals surface area contributed by atoms with Gasteiger partial charge in [-0.05, 0) is 128 Å². The molecule has 0 amide bonds. The van der Waals surface area contributed by atoms with Crippen LogP contribution < -0.4 is 5.73 Å². The van der Waals surface area contributed by atoms with Crippen LogP contribution in [-0.2, 0) is 32.7 Å². The molecular weight excluding hydrogens is 1190 g/mol. The molecule has 0 spiro atoms. The summed E-state index contributed by atoms with van der Waals surface area (Å²) < 4.78 is 33.2. The standard InChI is InChI=1S/C85H142NO8P/c1-3-5-7-9-11-13-15-17-19-21-23-25-27-29-31-33-35-37-39-41-43-45-47-49-51-53-55-57-59-61-63-65-67-69-71-73-75-77-84(87)91-81-83(82-93-95(89,90)92-80-79-86)94-85(88)78-76-74-72-70-68-66-64-62-60-58-56-54-52-50-48-46-44-42-40-38-36-34-32-30-28-26-24-22-20-18-16-14-12-10-8-6-4-2/h5-8,11-14,17-20,23-26,29-32,36,38,42,44,48,50,54,56,83H,3-4,9-10,15-16,21-22,27-28,33-35,37,39-41,43,45-47,49,51-53,55,57-82,86H2,1-2H3,(H,89,90)/b7-5-,8-6-,13-11-,14-12-,19-17-,20-18-,25-23-,26-24-,31-29-,32-30-,38-36-,44-42-,50-48-,56-54-. The Morgan fingerprint density at radius 1 is 0.316 bits per heavy atom. The molecule has 0 aromatic rings. The first-order valence-corrected chi connectivity index (χ1v) is 40.1. The molecule has 0 aliphatic rings. The van der Waals surface area contributed by atoms with Gasteiger partial charge in [-0.2, -0.15) is 0 Å². The molecule has 0 rings (SSSR count). The van der Waals surface area contributed by atoms with Crippen LogP contribution in [0.3, 0.4) is 0 Å². The van der Waals surface area contributed by atoms with Crippen LogP contribution in [0, 0.1) is 0 Å². The Hall–Kier alpha value is -4.63. The van der Waals surface area contributed by atoms with E-state index in [0.29, 0.717) is 6.42 Å². The van der Waals surface area contributed by atoms with Crippen LogP contribution in [0.5, 0.6) is 0 Å². The number of allylic oxidation sites excluding steroid dienone is 28. The predicted octanol–water partition coefficient (Wildman–Crippen LogP) is 26.1. The second-order valence-corrected chi connectivity index (χ2v) is 26.6. The fourth-order valence-corrected chi connectivity index (χ4v) is 11.2. The Morgan fingerprint density at radius 3 is 0.811 bits per heavy atom. The van der Waals surface area contributed by atoms with Crippen LogP contribution in [0.15, 0.2) is 170 Å². The molecule has 540 valence electrons. The summed E-state index contributed by atoms with van der Waals surface area (Å²) >= 11 is 0. The number of rotatable bonds is 71. The fraction of sp³-hybridized carbons (Fsp3) is 0.647. The quantitative estimate of drug-likeness (QED) is 0.0264. The highest BCUT2D eigenvalue weighted by Gasteiger charge is 2.26. The highest BCUT2D eigenvalue weighted by atomic mass is 31.2. The Kier molecular flexibility index (Phi) is 74.5. The molecule has 0 bridgehead atoms. The average Bonchev–Trinajstić information content (AvgIpc) is 2.64. The van der Waals surface area contributed by atoms with Gasteiger partial charge in [-0.1, -0.05) is 351 Å². The van der Waals surface area contributed by atoms with Gasteiger partial charge in [0.2, 0.25) is 0 Å². The molecule has 95 heavy (non-hydrogen) atoms. The zero-order valence-electron chi connectivity index (χ0n) is 60.8. The monoisotopic (exact) mass is 1340 g/mol. The number of hydrogen-bond acceptors (Lipinski definition) is 8. The van der Waals surface area contributed by atoms with E-state index in [2.05, 4.69) is 184 Å². The van der Waals surface area contributed by atoms with Gasteiger partial charge in [0.05, 0.1) is 13.2 Å². The topological polar surface area (TPSA) is 134 Å². The van der Waals surface area contributed by atoms with Crippen molar-refractivity contribution >= 4 is 19.8 Å². The van der Waals surface area contributed by atoms with Crippen LogP contribution in [0.2, 0.25) is 0 Å². The first-order valence-electron chi connectivity index (χ1n) is 38.6. The molecule has 3 N–H and O–H groups in total. The third-order valence-corrected chi connectivity index (χ3v) is 17.1. The lowest BCUT2D eigenvalue weighted by molar-refractivity contribution is -0.161. The molecular formula is C85H142NO8P. The minimum Gasteiger partial charge on any atom is -0.462 e. The van der Waals surface area contributed by atoms with Crippen molar-refractivity contribution in [3.8, 4) is 0 Å². The zero-order valence-corrected chi connectivity index (χ0v) is 61.7. The van der Waals surface area contributed by atoms with Crippen molar-refractivity contribution < 1.29 is 37.6 Å². The third-order valence-electron chi connectivity index (χ3n) is 16.1. The van der Waals surface area contributed by atoms with Crippen LogP contribution >= 0.6 is 7.82 Å². The van der Waals surface area contributed by atoms with Crippen LogP contribution in [0.1, 0.15) is 322 Å². The summed E-state index contributed by atoms with van der Waals surface area (Å²) in [6.45, 7) is 3.53. The van der Waals surface area contributed by atoms with Crippen molar-refractivity contribution in [1.82, 2.24) is 0 Å². The smallest absolute Gasteiger partial charge is 0.462 e. The van der Waals surface area contributed by atoms with E-state index in [0.717, 1.165) is 135 Å². The van der Waals surface area contributed by atoms with E-state index in [1.54, 1.807) is 0 Å². The normalized spacial score (nSPS) is 13.9. The van der Waals surface area contributed by atoms with Crippen LogP contribution in [0.25, 0.3) is 0 Å². The van der Waals surface area contributed by atoms with Crippen molar-refractivity contribution in [2.75, 3.05) is 26.4 Å². The number of carbonyl (C=O) groups is 2. The van der Waals surface area contributed by atoms with Crippen molar-refractivity contribution in [3.63, 3.8) is 0 Å². The number of phosphoric ester groups is 1. The highest BCUT2D eigenvalue weighted by Crippen LogP contribution is 2.43. The fourth-order valence-electron chi connectivity index (χ4n) is 10.5. The number of phosphoric acid groups is 1. The maximum absolute atomic E-state index is 12.8. The molecule has 0 aliphatic heterocycles. The van der Waals surface area contributed by atoms with Crippen molar-refractivity contribution in [1.29, 1.82) is 0 Å². The van der Waals surface area contributed by atoms with Gasteiger partial charge in [-0.25, -0.2) is 4.57 Å². The number of esters is 2. The van der Waals surface area contributed by atoms with E-state index in [9.17, 15) is 19.0 Å². The van der Waals surface area contributed by atoms with E-state index in [1.807, 2.05) is 0 Å². The Balaban J connectivity index is 3.89. The van der Waals surface area contributed by atoms with Gasteiger partial charge in [0, 0.05) is 19.4 Å². The van der Waals surface area contributed by atoms with Gasteiger partial charge in [-0.3, -0.25) is 18.6 Å². The Labute approximate surface area is 584 Å². The molecule has 9 nitrogen and oxygen atoms in total. The lowest BCUT2D eigenvalue weighted by Gasteiger charge is -2.19. The van der Waals surface area contributed by atoms with E-state index in [4.69, 9.17) is 24.3 Å². The Morgan fingerprint density at radius 2 is 0.547 bits per heavy atom. The molecule has 0 aromatic carbocycles. The van der Waals surface area contributed by atoms with E-state index < -0.39 is 26.5 Å². The molecule has 0 saturated carbocycles. The summed E-state index contributed by atoms with van der Waals surface area (Å²) in [6, 6.07) is 0. The number of nitrogens with two attached hydrogens (primary N) is 1. The molecule has 0 heterocycles. The molecule has 0 saturated heterocycles. The summed E-state index contributed by atoms with van der Waals surface area (Å²) in [4.78, 5) is 35.5. The average molecular weight is 1340 g/mol. The molecule has 0 aliphatic carbocycles. The summed E-state index contributed by atoms with van der Waals surface area (Å²) in [6.07, 6.45) is 116. The van der Waals surface area contributed by atoms with Gasteiger partial charge < -0.3 is 20.1 Å². The third kappa shape index (κ3) is 78.3. The molecule has 2 atom stereocenters. The van der Waals surface area contributed by atoms with Crippen molar-refractivity contribution in [3.05, 3.63) is 170 Å². The number of hydrogen-bond donors (Lipinski definition) is 2. The molecule has 10 heteroatoms. The summed E-state index contributed by atoms with van der Waals surface area (Å²) in [5.41, 5.74) is 5.41. The molecule has 0 aromatic heterocycles. The van der Waals surface area contributed by atoms with E-state index in [1.165, 1.54) is 154 Å². The summed E-state index contributed by atoms with van der Waals surface area (Å²) in [5, 5.41) is 0. The van der Waals surface area contributed by atoms with Gasteiger partial charge in [0.25, 0.3) is 0 Å². The van der Waals surface area contributed by atoms with Gasteiger partial charge in [0.15, 0.2) is 6.10 Å². The number of unbranched alkanes of at least 4 members (excludes halogenated alkanes) is 30. The number of ether oxygens (including phenoxy) is 2. The summed E-state index contributed by atoms with van der Waals surface area (Å²) in [5.74, 6) is -0.833. The van der Waals surface area contributed by atoms with Crippen LogP contribution in [0.4, 0.5) is 0 Å². The molecule has 0 fully saturated rings. The predicted molar refractivity (Wildman–Crippen MR) is 413 cm³/mol. The lowest BCUT2D eigenvalue weighted by Crippen LogP contribution is -2.29. The highest BCUT2D eigenvalue weighted by molar-refractivity contribution is 7.47. The SMILES string of the molecule is CC/C=C\C/C=C\C/C=C\C/C=C\C/C=C\C/C=C\C/C=C\C/C=C\C/C=C\CCCCCCCCCCCC(=O)OC(COC(=O)CCCCCCCCCCCCCCCCCCCCCCC/C=C\C/C=C\C/C=C\C/C=C\C/C=C\CC)COP(=O)(O)OCCN. The zero-order chi connectivity index (χ0) is 68.6. The van der Waals surface area contributed by atoms with Gasteiger partial charge in [0.1, 0.15) is 6.61 Å². The minimum atomic E-state index is -4.41. The van der Waals surface area contributed by atoms with Crippen molar-refractivity contribution in [2.24, 2.45) is 5.73 Å². The Bertz CT molecular complexity index is 2170. The molecule has 2 unspecified atom stereocenters. The van der Waals surface area contributed by atoms with Gasteiger partial charge >= 0.3 is 19.8 Å². The summed E-state index contributed by atoms with van der Waals surface area (Å²) in [7, 11) is -4.41. The van der Waals surface area contributed by atoms with Gasteiger partial charge in [-0.15, -0.1) is 0 Å². The second kappa shape index (κ2) is 78.4. The minimum absolute atomic E-state index is 0.0463. The first-order chi connectivity index (χ1) is 46.8. The number of carbonyl (C=O) groups excluding carboxylic acids is 2. The van der Waals surface area contributed by atoms with Crippen LogP contribution in [-0.4, -0.2) is 49.3 Å². The second-order valence-electron chi connectivity index (χ2n) is 25.1.